The molecule has 0 saturated carbocycles. The van der Waals surface area contributed by atoms with Crippen molar-refractivity contribution in [3.8, 4) is 0 Å². The second kappa shape index (κ2) is 4.87. The van der Waals surface area contributed by atoms with Gasteiger partial charge in [-0.05, 0) is 18.1 Å². The van der Waals surface area contributed by atoms with Crippen LogP contribution in [0.4, 0.5) is 10.3 Å². The summed E-state index contributed by atoms with van der Waals surface area (Å²) in [5.74, 6) is -0.847. The van der Waals surface area contributed by atoms with Gasteiger partial charge < -0.3 is 10.5 Å². The molecule has 1 unspecified atom stereocenters. The number of methoxy groups -OCH3 is 1. The number of carbonyl (C=O) groups is 1. The first-order valence-electron chi connectivity index (χ1n) is 5.97. The van der Waals surface area contributed by atoms with Gasteiger partial charge >= 0.3 is 5.97 Å². The maximum atomic E-state index is 13.7. The summed E-state index contributed by atoms with van der Waals surface area (Å²) < 4.78 is 20.0. The zero-order chi connectivity index (χ0) is 14.2. The van der Waals surface area contributed by atoms with E-state index < -0.39 is 17.8 Å². The zero-order valence-electron chi connectivity index (χ0n) is 11.1. The lowest BCUT2D eigenvalue weighted by atomic mass is 10.0. The van der Waals surface area contributed by atoms with Gasteiger partial charge in [-0.25, -0.2) is 14.2 Å². The summed E-state index contributed by atoms with van der Waals surface area (Å²) >= 11 is 0. The highest BCUT2D eigenvalue weighted by atomic mass is 19.1. The number of para-hydroxylation sites is 1. The average molecular weight is 265 g/mol. The highest BCUT2D eigenvalue weighted by Gasteiger charge is 2.29. The number of carbonyl (C=O) groups excluding carboxylic acids is 1. The number of benzene rings is 1. The van der Waals surface area contributed by atoms with Crippen LogP contribution in [0.2, 0.25) is 0 Å². The van der Waals surface area contributed by atoms with Gasteiger partial charge in [-0.2, -0.15) is 0 Å². The SMILES string of the molecule is COC(=O)C(C(C)C)n1c(N)nc2c(F)cccc21. The van der Waals surface area contributed by atoms with Crippen LogP contribution in [0.5, 0.6) is 0 Å². The molecule has 0 saturated heterocycles. The molecule has 1 aromatic heterocycles. The van der Waals surface area contributed by atoms with Crippen molar-refractivity contribution in [3.05, 3.63) is 24.0 Å². The molecule has 0 radical (unpaired) electrons. The van der Waals surface area contributed by atoms with Gasteiger partial charge in [0.2, 0.25) is 5.95 Å². The Morgan fingerprint density at radius 3 is 2.74 bits per heavy atom. The second-order valence-electron chi connectivity index (χ2n) is 4.66. The van der Waals surface area contributed by atoms with Crippen molar-refractivity contribution < 1.29 is 13.9 Å². The summed E-state index contributed by atoms with van der Waals surface area (Å²) in [4.78, 5) is 15.9. The summed E-state index contributed by atoms with van der Waals surface area (Å²) in [6.07, 6.45) is 0. The van der Waals surface area contributed by atoms with E-state index in [1.54, 1.807) is 12.1 Å². The normalized spacial score (nSPS) is 12.9. The van der Waals surface area contributed by atoms with Crippen LogP contribution >= 0.6 is 0 Å². The van der Waals surface area contributed by atoms with Gasteiger partial charge in [0.05, 0.1) is 12.6 Å². The van der Waals surface area contributed by atoms with Crippen LogP contribution < -0.4 is 5.73 Å². The number of ether oxygens (including phenoxy) is 1. The predicted octanol–water partition coefficient (Wildman–Crippen LogP) is 2.13. The Hall–Kier alpha value is -2.11. The van der Waals surface area contributed by atoms with Crippen molar-refractivity contribution in [2.75, 3.05) is 12.8 Å². The van der Waals surface area contributed by atoms with Gasteiger partial charge in [-0.15, -0.1) is 0 Å². The van der Waals surface area contributed by atoms with E-state index in [4.69, 9.17) is 10.5 Å². The van der Waals surface area contributed by atoms with Gasteiger partial charge in [0.15, 0.2) is 5.82 Å². The largest absolute Gasteiger partial charge is 0.467 e. The van der Waals surface area contributed by atoms with Crippen molar-refractivity contribution in [2.45, 2.75) is 19.9 Å². The van der Waals surface area contributed by atoms with Crippen LogP contribution in [0, 0.1) is 11.7 Å². The molecule has 0 amide bonds. The Balaban J connectivity index is 2.69. The molecule has 1 heterocycles. The number of nitrogens with zero attached hydrogens (tertiary/aromatic N) is 2. The number of aromatic nitrogens is 2. The van der Waals surface area contributed by atoms with Gasteiger partial charge in [-0.1, -0.05) is 19.9 Å². The van der Waals surface area contributed by atoms with E-state index in [1.165, 1.54) is 17.7 Å². The van der Waals surface area contributed by atoms with Crippen LogP contribution in [0.25, 0.3) is 11.0 Å². The molecule has 2 rings (SSSR count). The molecule has 0 spiro atoms. The molecule has 6 heteroatoms. The standard InChI is InChI=1S/C13H16FN3O2/c1-7(2)11(12(18)19-3)17-9-6-4-5-8(14)10(9)16-13(17)15/h4-7,11H,1-3H3,(H2,15,16). The molecule has 0 fully saturated rings. The van der Waals surface area contributed by atoms with Crippen molar-refractivity contribution >= 4 is 23.0 Å². The van der Waals surface area contributed by atoms with Gasteiger partial charge in [0.1, 0.15) is 11.6 Å². The van der Waals surface area contributed by atoms with Crippen LogP contribution in [0.3, 0.4) is 0 Å². The molecule has 0 aliphatic carbocycles. The molecule has 0 aliphatic rings. The van der Waals surface area contributed by atoms with Gasteiger partial charge in [0.25, 0.3) is 0 Å². The summed E-state index contributed by atoms with van der Waals surface area (Å²) in [6.45, 7) is 3.73. The lowest BCUT2D eigenvalue weighted by Gasteiger charge is -2.21. The maximum absolute atomic E-state index is 13.7. The smallest absolute Gasteiger partial charge is 0.329 e. The summed E-state index contributed by atoms with van der Waals surface area (Å²) in [6, 6.07) is 3.92. The van der Waals surface area contributed by atoms with Crippen LogP contribution in [0.15, 0.2) is 18.2 Å². The number of anilines is 1. The predicted molar refractivity (Wildman–Crippen MR) is 70.0 cm³/mol. The minimum absolute atomic E-state index is 0.0598. The van der Waals surface area contributed by atoms with E-state index in [0.717, 1.165) is 0 Å². The molecule has 1 aromatic carbocycles. The Bertz CT molecular complexity index is 622. The number of nitrogens with two attached hydrogens (primary N) is 1. The Kier molecular flexibility index (Phi) is 3.42. The van der Waals surface area contributed by atoms with E-state index >= 15 is 0 Å². The topological polar surface area (TPSA) is 70.1 Å². The number of halogens is 1. The molecule has 102 valence electrons. The van der Waals surface area contributed by atoms with E-state index in [0.29, 0.717) is 5.52 Å². The number of esters is 1. The van der Waals surface area contributed by atoms with Crippen LogP contribution in [0.1, 0.15) is 19.9 Å². The zero-order valence-corrected chi connectivity index (χ0v) is 11.1. The third-order valence-electron chi connectivity index (χ3n) is 3.05. The van der Waals surface area contributed by atoms with Crippen molar-refractivity contribution in [2.24, 2.45) is 5.92 Å². The number of hydrogen-bond acceptors (Lipinski definition) is 4. The molecule has 2 aromatic rings. The first-order chi connectivity index (χ1) is 8.97. The molecule has 0 aliphatic heterocycles. The van der Waals surface area contributed by atoms with E-state index in [2.05, 4.69) is 4.98 Å². The van der Waals surface area contributed by atoms with E-state index in [-0.39, 0.29) is 17.4 Å². The quantitative estimate of drug-likeness (QED) is 0.863. The van der Waals surface area contributed by atoms with Gasteiger partial charge in [0, 0.05) is 0 Å². The first-order valence-corrected chi connectivity index (χ1v) is 5.97. The molecule has 2 N–H and O–H groups in total. The molecule has 1 atom stereocenters. The fraction of sp³-hybridized carbons (Fsp3) is 0.385. The average Bonchev–Trinajstić information content (AvgIpc) is 2.68. The van der Waals surface area contributed by atoms with Gasteiger partial charge in [-0.3, -0.25) is 4.57 Å². The molecular formula is C13H16FN3O2. The van der Waals surface area contributed by atoms with E-state index in [1.807, 2.05) is 13.8 Å². The monoisotopic (exact) mass is 265 g/mol. The number of rotatable bonds is 3. The number of hydrogen-bond donors (Lipinski definition) is 1. The Labute approximate surface area is 110 Å². The minimum atomic E-state index is -0.628. The lowest BCUT2D eigenvalue weighted by Crippen LogP contribution is -2.26. The number of fused-ring (bicyclic) bond motifs is 1. The summed E-state index contributed by atoms with van der Waals surface area (Å²) in [5, 5.41) is 0. The fourth-order valence-electron chi connectivity index (χ4n) is 2.19. The van der Waals surface area contributed by atoms with Crippen molar-refractivity contribution in [1.82, 2.24) is 9.55 Å². The van der Waals surface area contributed by atoms with Crippen molar-refractivity contribution in [3.63, 3.8) is 0 Å². The van der Waals surface area contributed by atoms with Crippen LogP contribution in [-0.4, -0.2) is 22.6 Å². The molecular weight excluding hydrogens is 249 g/mol. The summed E-state index contributed by atoms with van der Waals surface area (Å²) in [5.41, 5.74) is 6.48. The molecule has 5 nitrogen and oxygen atoms in total. The first kappa shape index (κ1) is 13.3. The maximum Gasteiger partial charge on any atom is 0.329 e. The van der Waals surface area contributed by atoms with Crippen LogP contribution in [-0.2, 0) is 9.53 Å². The van der Waals surface area contributed by atoms with E-state index in [9.17, 15) is 9.18 Å². The highest BCUT2D eigenvalue weighted by Crippen LogP contribution is 2.29. The third-order valence-corrected chi connectivity index (χ3v) is 3.05. The molecule has 0 bridgehead atoms. The second-order valence-corrected chi connectivity index (χ2v) is 4.66. The number of nitrogen functional groups attached to an aromatic ring is 1. The summed E-state index contributed by atoms with van der Waals surface area (Å²) in [7, 11) is 1.31. The minimum Gasteiger partial charge on any atom is -0.467 e. The third kappa shape index (κ3) is 2.14. The number of imidazole rings is 1. The Morgan fingerprint density at radius 1 is 1.47 bits per heavy atom. The fourth-order valence-corrected chi connectivity index (χ4v) is 2.19. The van der Waals surface area contributed by atoms with Crippen molar-refractivity contribution in [1.29, 1.82) is 0 Å². The Morgan fingerprint density at radius 2 is 2.16 bits per heavy atom. The highest BCUT2D eigenvalue weighted by molar-refractivity contribution is 5.83. The lowest BCUT2D eigenvalue weighted by molar-refractivity contribution is -0.145. The molecule has 19 heavy (non-hydrogen) atoms.